The van der Waals surface area contributed by atoms with E-state index in [2.05, 4.69) is 19.8 Å². The summed E-state index contributed by atoms with van der Waals surface area (Å²) in [7, 11) is -3.09. The van der Waals surface area contributed by atoms with Crippen LogP contribution in [0.15, 0.2) is 29.4 Å². The Morgan fingerprint density at radius 2 is 2.11 bits per heavy atom. The standard InChI is InChI=1S/C14H13FN6O5S/c1-8-4-3-5-10(21(22)23)12(8)19-27(24,25)14-17-13-16-9(7-15)6-11(26-2)20(13)18-14/h3-6,19H,7H2,1-2H3. The number of alkyl halides is 1. The molecular formula is C14H13FN6O5S. The normalized spacial score (nSPS) is 11.5. The molecule has 3 aromatic rings. The number of hydrogen-bond acceptors (Lipinski definition) is 8. The summed E-state index contributed by atoms with van der Waals surface area (Å²) in [4.78, 5) is 18.1. The molecule has 2 heterocycles. The summed E-state index contributed by atoms with van der Waals surface area (Å²) in [6.07, 6.45) is 0. The van der Waals surface area contributed by atoms with Crippen molar-refractivity contribution in [2.24, 2.45) is 0 Å². The van der Waals surface area contributed by atoms with Crippen molar-refractivity contribution in [3.05, 3.63) is 45.6 Å². The number of halogens is 1. The van der Waals surface area contributed by atoms with Gasteiger partial charge in [-0.05, 0) is 12.5 Å². The van der Waals surface area contributed by atoms with E-state index in [0.717, 1.165) is 4.52 Å². The minimum Gasteiger partial charge on any atom is -0.481 e. The Bertz CT molecular complexity index is 1150. The summed E-state index contributed by atoms with van der Waals surface area (Å²) in [5, 5.41) is 14.3. The van der Waals surface area contributed by atoms with Gasteiger partial charge in [0.2, 0.25) is 5.88 Å². The van der Waals surface area contributed by atoms with Crippen LogP contribution in [0.1, 0.15) is 11.3 Å². The second-order valence-corrected chi connectivity index (χ2v) is 6.94. The largest absolute Gasteiger partial charge is 0.481 e. The maximum Gasteiger partial charge on any atom is 0.299 e. The third kappa shape index (κ3) is 3.36. The lowest BCUT2D eigenvalue weighted by atomic mass is 10.2. The van der Waals surface area contributed by atoms with Gasteiger partial charge in [-0.3, -0.25) is 14.8 Å². The highest BCUT2D eigenvalue weighted by atomic mass is 32.2. The molecule has 0 spiro atoms. The van der Waals surface area contributed by atoms with Crippen LogP contribution < -0.4 is 9.46 Å². The van der Waals surface area contributed by atoms with Gasteiger partial charge in [0, 0.05) is 12.1 Å². The van der Waals surface area contributed by atoms with Gasteiger partial charge < -0.3 is 4.74 Å². The van der Waals surface area contributed by atoms with E-state index < -0.39 is 32.5 Å². The summed E-state index contributed by atoms with van der Waals surface area (Å²) < 4.78 is 46.3. The summed E-state index contributed by atoms with van der Waals surface area (Å²) >= 11 is 0. The number of para-hydroxylation sites is 1. The first-order valence-corrected chi connectivity index (χ1v) is 8.88. The van der Waals surface area contributed by atoms with Gasteiger partial charge in [0.25, 0.3) is 26.6 Å². The zero-order valence-corrected chi connectivity index (χ0v) is 14.9. The Kier molecular flexibility index (Phi) is 4.61. The molecule has 0 radical (unpaired) electrons. The van der Waals surface area contributed by atoms with Crippen molar-refractivity contribution in [1.29, 1.82) is 0 Å². The van der Waals surface area contributed by atoms with Crippen LogP contribution in [0.25, 0.3) is 5.78 Å². The van der Waals surface area contributed by atoms with Gasteiger partial charge in [0.15, 0.2) is 0 Å². The molecule has 0 atom stereocenters. The van der Waals surface area contributed by atoms with Crippen LogP contribution in [0, 0.1) is 17.0 Å². The van der Waals surface area contributed by atoms with E-state index in [4.69, 9.17) is 4.74 Å². The van der Waals surface area contributed by atoms with Crippen LogP contribution in [-0.4, -0.2) is 40.0 Å². The van der Waals surface area contributed by atoms with E-state index in [1.165, 1.54) is 38.3 Å². The van der Waals surface area contributed by atoms with E-state index in [-0.39, 0.29) is 23.0 Å². The fraction of sp³-hybridized carbons (Fsp3) is 0.214. The molecule has 1 aromatic carbocycles. The van der Waals surface area contributed by atoms with Crippen LogP contribution in [0.2, 0.25) is 0 Å². The Hall–Kier alpha value is -3.35. The SMILES string of the molecule is COc1cc(CF)nc2nc(S(=O)(=O)Nc3c(C)cccc3[N+](=O)[O-])nn12. The summed E-state index contributed by atoms with van der Waals surface area (Å²) in [5.41, 5.74) is -0.298. The molecule has 0 aliphatic carbocycles. The first-order valence-electron chi connectivity index (χ1n) is 7.40. The lowest BCUT2D eigenvalue weighted by Crippen LogP contribution is -2.16. The third-order valence-corrected chi connectivity index (χ3v) is 4.71. The number of sulfonamides is 1. The highest BCUT2D eigenvalue weighted by molar-refractivity contribution is 7.92. The number of anilines is 1. The lowest BCUT2D eigenvalue weighted by molar-refractivity contribution is -0.383. The number of ether oxygens (including phenoxy) is 1. The van der Waals surface area contributed by atoms with Crippen molar-refractivity contribution in [3.63, 3.8) is 0 Å². The third-order valence-electron chi connectivity index (χ3n) is 3.58. The molecule has 13 heteroatoms. The molecule has 2 aromatic heterocycles. The van der Waals surface area contributed by atoms with Gasteiger partial charge in [-0.2, -0.15) is 17.9 Å². The van der Waals surface area contributed by atoms with E-state index >= 15 is 0 Å². The van der Waals surface area contributed by atoms with Gasteiger partial charge in [-0.1, -0.05) is 12.1 Å². The molecule has 0 unspecified atom stereocenters. The van der Waals surface area contributed by atoms with Gasteiger partial charge in [-0.25, -0.2) is 9.37 Å². The summed E-state index contributed by atoms with van der Waals surface area (Å²) in [5.74, 6) is -0.162. The first kappa shape index (κ1) is 18.4. The Morgan fingerprint density at radius 3 is 2.74 bits per heavy atom. The Morgan fingerprint density at radius 1 is 1.37 bits per heavy atom. The van der Waals surface area contributed by atoms with Crippen molar-refractivity contribution >= 4 is 27.2 Å². The van der Waals surface area contributed by atoms with Crippen LogP contribution in [-0.2, 0) is 16.7 Å². The maximum absolute atomic E-state index is 12.9. The minimum absolute atomic E-state index is 0.0156. The topological polar surface area (TPSA) is 142 Å². The molecule has 0 saturated heterocycles. The smallest absolute Gasteiger partial charge is 0.299 e. The number of aromatic nitrogens is 4. The number of nitro groups is 1. The number of aryl methyl sites for hydroxylation is 1. The molecule has 11 nitrogen and oxygen atoms in total. The molecule has 0 aliphatic heterocycles. The van der Waals surface area contributed by atoms with E-state index in [9.17, 15) is 22.9 Å². The van der Waals surface area contributed by atoms with Crippen molar-refractivity contribution < 1.29 is 22.5 Å². The zero-order valence-electron chi connectivity index (χ0n) is 14.1. The number of benzene rings is 1. The fourth-order valence-electron chi connectivity index (χ4n) is 2.32. The van der Waals surface area contributed by atoms with Gasteiger partial charge in [-0.15, -0.1) is 5.10 Å². The number of nitrogens with one attached hydrogen (secondary N) is 1. The molecule has 3 rings (SSSR count). The average Bonchev–Trinajstić information content (AvgIpc) is 3.07. The monoisotopic (exact) mass is 396 g/mol. The average molecular weight is 396 g/mol. The molecule has 1 N–H and O–H groups in total. The predicted octanol–water partition coefficient (Wildman–Crippen LogP) is 1.62. The number of nitro benzene ring substituents is 1. The van der Waals surface area contributed by atoms with Crippen molar-refractivity contribution in [3.8, 4) is 5.88 Å². The highest BCUT2D eigenvalue weighted by Gasteiger charge is 2.27. The van der Waals surface area contributed by atoms with E-state index in [1.54, 1.807) is 0 Å². The number of nitrogens with zero attached hydrogens (tertiary/aromatic N) is 5. The van der Waals surface area contributed by atoms with Crippen LogP contribution in [0.4, 0.5) is 15.8 Å². The molecular weight excluding hydrogens is 383 g/mol. The van der Waals surface area contributed by atoms with Crippen LogP contribution >= 0.6 is 0 Å². The number of methoxy groups -OCH3 is 1. The fourth-order valence-corrected chi connectivity index (χ4v) is 3.33. The van der Waals surface area contributed by atoms with Gasteiger partial charge in [0.1, 0.15) is 12.4 Å². The number of rotatable bonds is 6. The Balaban J connectivity index is 2.10. The van der Waals surface area contributed by atoms with Crippen LogP contribution in [0.5, 0.6) is 5.88 Å². The van der Waals surface area contributed by atoms with Crippen molar-refractivity contribution in [1.82, 2.24) is 19.6 Å². The molecule has 0 aliphatic rings. The first-order chi connectivity index (χ1) is 12.8. The van der Waals surface area contributed by atoms with Gasteiger partial charge in [0.05, 0.1) is 17.7 Å². The number of hydrogen-bond donors (Lipinski definition) is 1. The minimum atomic E-state index is -4.39. The predicted molar refractivity (Wildman–Crippen MR) is 90.8 cm³/mol. The van der Waals surface area contributed by atoms with Gasteiger partial charge >= 0.3 is 0 Å². The van der Waals surface area contributed by atoms with Crippen LogP contribution in [0.3, 0.4) is 0 Å². The molecule has 0 saturated carbocycles. The van der Waals surface area contributed by atoms with E-state index in [0.29, 0.717) is 5.56 Å². The second-order valence-electron chi connectivity index (χ2n) is 5.36. The molecule has 0 bridgehead atoms. The quantitative estimate of drug-likeness (QED) is 0.489. The second kappa shape index (κ2) is 6.75. The highest BCUT2D eigenvalue weighted by Crippen LogP contribution is 2.29. The Labute approximate surface area is 152 Å². The summed E-state index contributed by atoms with van der Waals surface area (Å²) in [6.45, 7) is 0.607. The lowest BCUT2D eigenvalue weighted by Gasteiger charge is -2.08. The molecule has 0 fully saturated rings. The maximum atomic E-state index is 12.9. The van der Waals surface area contributed by atoms with Crippen molar-refractivity contribution in [2.45, 2.75) is 18.8 Å². The molecule has 0 amide bonds. The van der Waals surface area contributed by atoms with Crippen molar-refractivity contribution in [2.75, 3.05) is 11.8 Å². The molecule has 27 heavy (non-hydrogen) atoms. The number of fused-ring (bicyclic) bond motifs is 1. The zero-order chi connectivity index (χ0) is 19.8. The van der Waals surface area contributed by atoms with E-state index in [1.807, 2.05) is 0 Å². The summed E-state index contributed by atoms with van der Waals surface area (Å²) in [6, 6.07) is 5.36. The molecule has 142 valence electrons.